The zero-order valence-electron chi connectivity index (χ0n) is 13.4. The summed E-state index contributed by atoms with van der Waals surface area (Å²) in [5, 5.41) is 2.78. The van der Waals surface area contributed by atoms with Crippen molar-refractivity contribution < 1.29 is 18.7 Å². The highest BCUT2D eigenvalue weighted by Crippen LogP contribution is 2.20. The Balaban J connectivity index is 2.00. The molecule has 128 valence electrons. The molecule has 4 nitrogen and oxygen atoms in total. The second-order valence-corrected chi connectivity index (χ2v) is 5.81. The van der Waals surface area contributed by atoms with Gasteiger partial charge in [0, 0.05) is 17.6 Å². The minimum absolute atomic E-state index is 0.213. The number of carbonyl (C=O) groups is 1. The first kappa shape index (κ1) is 18.4. The van der Waals surface area contributed by atoms with Crippen molar-refractivity contribution in [3.63, 3.8) is 0 Å². The molecular weight excluding hydrogens is 377 g/mol. The first-order valence-corrected chi connectivity index (χ1v) is 8.42. The lowest BCUT2D eigenvalue weighted by Gasteiger charge is -2.12. The van der Waals surface area contributed by atoms with Gasteiger partial charge in [-0.15, -0.1) is 0 Å². The van der Waals surface area contributed by atoms with Gasteiger partial charge in [-0.05, 0) is 42.8 Å². The van der Waals surface area contributed by atoms with Gasteiger partial charge in [-0.2, -0.15) is 0 Å². The molecule has 1 amide bonds. The molecule has 1 N–H and O–H groups in total. The summed E-state index contributed by atoms with van der Waals surface area (Å²) in [5.74, 6) is -0.131. The lowest BCUT2D eigenvalue weighted by atomic mass is 10.1. The summed E-state index contributed by atoms with van der Waals surface area (Å²) in [5.41, 5.74) is 1.10. The van der Waals surface area contributed by atoms with E-state index in [2.05, 4.69) is 21.2 Å². The number of para-hydroxylation sites is 1. The predicted octanol–water partition coefficient (Wildman–Crippen LogP) is 3.93. The van der Waals surface area contributed by atoms with Crippen molar-refractivity contribution in [1.29, 1.82) is 0 Å². The van der Waals surface area contributed by atoms with Gasteiger partial charge in [-0.1, -0.05) is 28.1 Å². The highest BCUT2D eigenvalue weighted by molar-refractivity contribution is 9.10. The number of hydrogen-bond donors (Lipinski definition) is 1. The van der Waals surface area contributed by atoms with Crippen LogP contribution in [0.15, 0.2) is 46.9 Å². The second-order valence-electron chi connectivity index (χ2n) is 4.96. The lowest BCUT2D eigenvalue weighted by molar-refractivity contribution is 0.0934. The monoisotopic (exact) mass is 395 g/mol. The van der Waals surface area contributed by atoms with E-state index in [0.29, 0.717) is 36.7 Å². The number of hydrogen-bond acceptors (Lipinski definition) is 3. The van der Waals surface area contributed by atoms with Gasteiger partial charge in [0.25, 0.3) is 5.91 Å². The van der Waals surface area contributed by atoms with Gasteiger partial charge < -0.3 is 14.8 Å². The summed E-state index contributed by atoms with van der Waals surface area (Å²) in [7, 11) is 0. The Hall–Kier alpha value is -1.92. The molecule has 0 radical (unpaired) electrons. The average molecular weight is 396 g/mol. The quantitative estimate of drug-likeness (QED) is 0.688. The predicted molar refractivity (Wildman–Crippen MR) is 93.7 cm³/mol. The summed E-state index contributed by atoms with van der Waals surface area (Å²) in [6, 6.07) is 11.3. The molecule has 2 aromatic rings. The molecule has 0 aliphatic rings. The summed E-state index contributed by atoms with van der Waals surface area (Å²) in [6.45, 7) is 3.57. The largest absolute Gasteiger partial charge is 0.490 e. The maximum atomic E-state index is 13.3. The van der Waals surface area contributed by atoms with Crippen molar-refractivity contribution >= 4 is 21.8 Å². The Morgan fingerprint density at radius 2 is 2.00 bits per heavy atom. The number of halogens is 2. The normalized spacial score (nSPS) is 10.5. The maximum absolute atomic E-state index is 13.3. The average Bonchev–Trinajstić information content (AvgIpc) is 2.59. The molecule has 0 saturated heterocycles. The van der Waals surface area contributed by atoms with Crippen LogP contribution in [-0.4, -0.2) is 25.7 Å². The standard InChI is InChI=1S/C18H19BrFNO3/c1-2-23-9-10-24-17-6-4-3-5-15(17)18(22)21-12-13-11-14(20)7-8-16(13)19/h3-8,11H,2,9-10,12H2,1H3,(H,21,22). The summed E-state index contributed by atoms with van der Waals surface area (Å²) >= 11 is 3.34. The molecular formula is C18H19BrFNO3. The number of benzene rings is 2. The fourth-order valence-electron chi connectivity index (χ4n) is 2.08. The van der Waals surface area contributed by atoms with Crippen molar-refractivity contribution in [2.45, 2.75) is 13.5 Å². The van der Waals surface area contributed by atoms with Crippen LogP contribution >= 0.6 is 15.9 Å². The van der Waals surface area contributed by atoms with Gasteiger partial charge in [0.15, 0.2) is 0 Å². The van der Waals surface area contributed by atoms with Gasteiger partial charge in [0.1, 0.15) is 18.2 Å². The Bertz CT molecular complexity index is 694. The van der Waals surface area contributed by atoms with E-state index in [1.165, 1.54) is 12.1 Å². The van der Waals surface area contributed by atoms with Gasteiger partial charge in [-0.25, -0.2) is 4.39 Å². The fourth-order valence-corrected chi connectivity index (χ4v) is 2.47. The molecule has 0 bridgehead atoms. The molecule has 24 heavy (non-hydrogen) atoms. The van der Waals surface area contributed by atoms with Gasteiger partial charge in [0.05, 0.1) is 12.2 Å². The first-order chi connectivity index (χ1) is 11.6. The second kappa shape index (κ2) is 9.39. The third-order valence-electron chi connectivity index (χ3n) is 3.27. The third kappa shape index (κ3) is 5.32. The van der Waals surface area contributed by atoms with Crippen molar-refractivity contribution in [3.8, 4) is 5.75 Å². The van der Waals surface area contributed by atoms with E-state index in [1.54, 1.807) is 30.3 Å². The van der Waals surface area contributed by atoms with Crippen LogP contribution in [0.1, 0.15) is 22.8 Å². The number of ether oxygens (including phenoxy) is 2. The van der Waals surface area contributed by atoms with Gasteiger partial charge in [-0.3, -0.25) is 4.79 Å². The molecule has 0 atom stereocenters. The minimum atomic E-state index is -0.345. The van der Waals surface area contributed by atoms with Crippen LogP contribution in [0.2, 0.25) is 0 Å². The van der Waals surface area contributed by atoms with Crippen LogP contribution in [0, 0.1) is 5.82 Å². The molecule has 0 spiro atoms. The lowest BCUT2D eigenvalue weighted by Crippen LogP contribution is -2.24. The van der Waals surface area contributed by atoms with Crippen LogP contribution in [-0.2, 0) is 11.3 Å². The van der Waals surface area contributed by atoms with Crippen molar-refractivity contribution in [3.05, 3.63) is 63.9 Å². The van der Waals surface area contributed by atoms with Gasteiger partial charge in [0.2, 0.25) is 0 Å². The molecule has 0 unspecified atom stereocenters. The van der Waals surface area contributed by atoms with Crippen LogP contribution in [0.5, 0.6) is 5.75 Å². The van der Waals surface area contributed by atoms with Crippen LogP contribution in [0.4, 0.5) is 4.39 Å². The van der Waals surface area contributed by atoms with Crippen molar-refractivity contribution in [2.75, 3.05) is 19.8 Å². The van der Waals surface area contributed by atoms with E-state index in [4.69, 9.17) is 9.47 Å². The molecule has 0 aliphatic carbocycles. The van der Waals surface area contributed by atoms with E-state index in [9.17, 15) is 9.18 Å². The molecule has 0 aromatic heterocycles. The number of nitrogens with one attached hydrogen (secondary N) is 1. The van der Waals surface area contributed by atoms with E-state index in [-0.39, 0.29) is 18.3 Å². The SMILES string of the molecule is CCOCCOc1ccccc1C(=O)NCc1cc(F)ccc1Br. The third-order valence-corrected chi connectivity index (χ3v) is 4.04. The van der Waals surface area contributed by atoms with E-state index >= 15 is 0 Å². The summed E-state index contributed by atoms with van der Waals surface area (Å²) in [6.07, 6.45) is 0. The first-order valence-electron chi connectivity index (χ1n) is 7.63. The molecule has 0 aliphatic heterocycles. The smallest absolute Gasteiger partial charge is 0.255 e. The highest BCUT2D eigenvalue weighted by atomic mass is 79.9. The fraction of sp³-hybridized carbons (Fsp3) is 0.278. The number of rotatable bonds is 8. The van der Waals surface area contributed by atoms with Crippen molar-refractivity contribution in [1.82, 2.24) is 5.32 Å². The minimum Gasteiger partial charge on any atom is -0.490 e. The summed E-state index contributed by atoms with van der Waals surface area (Å²) in [4.78, 5) is 12.4. The molecule has 0 saturated carbocycles. The van der Waals surface area contributed by atoms with Crippen LogP contribution in [0.3, 0.4) is 0 Å². The number of carbonyl (C=O) groups excluding carboxylic acids is 1. The molecule has 2 aromatic carbocycles. The maximum Gasteiger partial charge on any atom is 0.255 e. The molecule has 2 rings (SSSR count). The zero-order chi connectivity index (χ0) is 17.4. The Morgan fingerprint density at radius 3 is 2.79 bits per heavy atom. The number of amides is 1. The molecule has 6 heteroatoms. The molecule has 0 fully saturated rings. The van der Waals surface area contributed by atoms with E-state index in [1.807, 2.05) is 6.92 Å². The van der Waals surface area contributed by atoms with Crippen LogP contribution < -0.4 is 10.1 Å². The van der Waals surface area contributed by atoms with E-state index in [0.717, 1.165) is 4.47 Å². The summed E-state index contributed by atoms with van der Waals surface area (Å²) < 4.78 is 24.9. The van der Waals surface area contributed by atoms with Crippen molar-refractivity contribution in [2.24, 2.45) is 0 Å². The highest BCUT2D eigenvalue weighted by Gasteiger charge is 2.12. The Kier molecular flexibility index (Phi) is 7.21. The van der Waals surface area contributed by atoms with Crippen LogP contribution in [0.25, 0.3) is 0 Å². The topological polar surface area (TPSA) is 47.6 Å². The van der Waals surface area contributed by atoms with E-state index < -0.39 is 0 Å². The Labute approximate surface area is 149 Å². The zero-order valence-corrected chi connectivity index (χ0v) is 14.9. The van der Waals surface area contributed by atoms with Gasteiger partial charge >= 0.3 is 0 Å². The Morgan fingerprint density at radius 1 is 1.21 bits per heavy atom. The molecule has 0 heterocycles.